The SMILES string of the molecule is CC(CN1CCOCC1)N(Cc1ccccc1)C(=O)/C=C/c1cccc([N+](=O)[O-])c1. The molecule has 1 aliphatic rings. The third-order valence-corrected chi connectivity index (χ3v) is 5.14. The van der Waals surface area contributed by atoms with Crippen LogP contribution in [0.15, 0.2) is 60.7 Å². The predicted octanol–water partition coefficient (Wildman–Crippen LogP) is 3.36. The zero-order valence-electron chi connectivity index (χ0n) is 17.1. The maximum atomic E-state index is 13.1. The number of benzene rings is 2. The van der Waals surface area contributed by atoms with Crippen molar-refractivity contribution in [2.75, 3.05) is 32.8 Å². The van der Waals surface area contributed by atoms with E-state index < -0.39 is 4.92 Å². The van der Waals surface area contributed by atoms with Crippen molar-refractivity contribution in [2.24, 2.45) is 0 Å². The van der Waals surface area contributed by atoms with Crippen molar-refractivity contribution in [3.8, 4) is 0 Å². The zero-order valence-corrected chi connectivity index (χ0v) is 17.1. The summed E-state index contributed by atoms with van der Waals surface area (Å²) in [5.41, 5.74) is 1.69. The highest BCUT2D eigenvalue weighted by molar-refractivity contribution is 5.92. The van der Waals surface area contributed by atoms with E-state index in [0.717, 1.165) is 25.2 Å². The summed E-state index contributed by atoms with van der Waals surface area (Å²) in [6.07, 6.45) is 3.13. The van der Waals surface area contributed by atoms with Crippen LogP contribution in [0.5, 0.6) is 0 Å². The summed E-state index contributed by atoms with van der Waals surface area (Å²) in [6.45, 7) is 6.48. The first-order valence-corrected chi connectivity index (χ1v) is 10.1. The number of ether oxygens (including phenoxy) is 1. The van der Waals surface area contributed by atoms with E-state index >= 15 is 0 Å². The molecule has 1 unspecified atom stereocenters. The molecule has 1 saturated heterocycles. The van der Waals surface area contributed by atoms with Crippen LogP contribution < -0.4 is 0 Å². The Morgan fingerprint density at radius 3 is 2.63 bits per heavy atom. The summed E-state index contributed by atoms with van der Waals surface area (Å²) in [6, 6.07) is 16.2. The van der Waals surface area contributed by atoms with Gasteiger partial charge in [0, 0.05) is 50.4 Å². The quantitative estimate of drug-likeness (QED) is 0.380. The highest BCUT2D eigenvalue weighted by atomic mass is 16.6. The molecule has 0 aromatic heterocycles. The number of rotatable bonds is 8. The molecular weight excluding hydrogens is 382 g/mol. The first-order chi connectivity index (χ1) is 14.5. The molecule has 0 bridgehead atoms. The molecule has 0 spiro atoms. The van der Waals surface area contributed by atoms with Gasteiger partial charge in [-0.05, 0) is 24.1 Å². The van der Waals surface area contributed by atoms with Gasteiger partial charge in [-0.3, -0.25) is 19.8 Å². The number of morpholine rings is 1. The Morgan fingerprint density at radius 2 is 1.93 bits per heavy atom. The Morgan fingerprint density at radius 1 is 1.20 bits per heavy atom. The number of amides is 1. The van der Waals surface area contributed by atoms with Gasteiger partial charge in [0.2, 0.25) is 5.91 Å². The van der Waals surface area contributed by atoms with Crippen molar-refractivity contribution in [1.29, 1.82) is 0 Å². The van der Waals surface area contributed by atoms with Gasteiger partial charge in [0.1, 0.15) is 0 Å². The fourth-order valence-electron chi connectivity index (χ4n) is 3.49. The van der Waals surface area contributed by atoms with Crippen LogP contribution in [0, 0.1) is 10.1 Å². The van der Waals surface area contributed by atoms with E-state index in [2.05, 4.69) is 11.8 Å². The molecule has 158 valence electrons. The van der Waals surface area contributed by atoms with E-state index in [9.17, 15) is 14.9 Å². The van der Waals surface area contributed by atoms with E-state index in [1.165, 1.54) is 18.2 Å². The van der Waals surface area contributed by atoms with Crippen LogP contribution in [0.2, 0.25) is 0 Å². The first kappa shape index (κ1) is 21.7. The maximum absolute atomic E-state index is 13.1. The van der Waals surface area contributed by atoms with E-state index in [0.29, 0.717) is 25.3 Å². The fourth-order valence-corrected chi connectivity index (χ4v) is 3.49. The molecule has 0 N–H and O–H groups in total. The first-order valence-electron chi connectivity index (χ1n) is 10.1. The van der Waals surface area contributed by atoms with Crippen molar-refractivity contribution in [1.82, 2.24) is 9.80 Å². The van der Waals surface area contributed by atoms with Gasteiger partial charge in [-0.1, -0.05) is 42.5 Å². The lowest BCUT2D eigenvalue weighted by Gasteiger charge is -2.34. The second kappa shape index (κ2) is 10.7. The van der Waals surface area contributed by atoms with Crippen LogP contribution >= 0.6 is 0 Å². The average molecular weight is 409 g/mol. The largest absolute Gasteiger partial charge is 0.379 e. The number of nitro benzene ring substituents is 1. The number of hydrogen-bond acceptors (Lipinski definition) is 5. The summed E-state index contributed by atoms with van der Waals surface area (Å²) in [5, 5.41) is 11.0. The fraction of sp³-hybridized carbons (Fsp3) is 0.348. The van der Waals surface area contributed by atoms with E-state index in [1.807, 2.05) is 35.2 Å². The lowest BCUT2D eigenvalue weighted by atomic mass is 10.1. The molecule has 1 heterocycles. The van der Waals surface area contributed by atoms with Gasteiger partial charge < -0.3 is 9.64 Å². The topological polar surface area (TPSA) is 75.9 Å². The minimum atomic E-state index is -0.439. The minimum Gasteiger partial charge on any atom is -0.379 e. The standard InChI is InChI=1S/C23H27N3O4/c1-19(17-24-12-14-30-15-13-24)25(18-21-6-3-2-4-7-21)23(27)11-10-20-8-5-9-22(16-20)26(28)29/h2-11,16,19H,12-15,17-18H2,1H3/b11-10+. The third-order valence-electron chi connectivity index (χ3n) is 5.14. The smallest absolute Gasteiger partial charge is 0.270 e. The summed E-state index contributed by atoms with van der Waals surface area (Å²) in [5.74, 6) is -0.119. The predicted molar refractivity (Wildman–Crippen MR) is 116 cm³/mol. The molecule has 1 fully saturated rings. The molecular formula is C23H27N3O4. The second-order valence-corrected chi connectivity index (χ2v) is 7.40. The molecule has 0 aliphatic carbocycles. The van der Waals surface area contributed by atoms with Crippen molar-refractivity contribution in [2.45, 2.75) is 19.5 Å². The molecule has 0 saturated carbocycles. The highest BCUT2D eigenvalue weighted by Crippen LogP contribution is 2.16. The summed E-state index contributed by atoms with van der Waals surface area (Å²) < 4.78 is 5.42. The highest BCUT2D eigenvalue weighted by Gasteiger charge is 2.22. The number of hydrogen-bond donors (Lipinski definition) is 0. The van der Waals surface area contributed by atoms with Crippen LogP contribution in [0.1, 0.15) is 18.1 Å². The van der Waals surface area contributed by atoms with Crippen LogP contribution in [-0.2, 0) is 16.1 Å². The van der Waals surface area contributed by atoms with Crippen LogP contribution in [0.4, 0.5) is 5.69 Å². The lowest BCUT2D eigenvalue weighted by Crippen LogP contribution is -2.47. The van der Waals surface area contributed by atoms with Crippen molar-refractivity contribution in [3.05, 3.63) is 81.9 Å². The second-order valence-electron chi connectivity index (χ2n) is 7.40. The van der Waals surface area contributed by atoms with Gasteiger partial charge in [0.25, 0.3) is 5.69 Å². The van der Waals surface area contributed by atoms with Crippen LogP contribution in [0.25, 0.3) is 6.08 Å². The molecule has 0 radical (unpaired) electrons. The number of nitrogens with zero attached hydrogens (tertiary/aromatic N) is 3. The van der Waals surface area contributed by atoms with Crippen LogP contribution in [-0.4, -0.2) is 59.5 Å². The summed E-state index contributed by atoms with van der Waals surface area (Å²) in [7, 11) is 0. The van der Waals surface area contributed by atoms with Gasteiger partial charge in [-0.15, -0.1) is 0 Å². The Hall–Kier alpha value is -3.03. The zero-order chi connectivity index (χ0) is 21.3. The molecule has 1 aliphatic heterocycles. The summed E-state index contributed by atoms with van der Waals surface area (Å²) >= 11 is 0. The number of carbonyl (C=O) groups excluding carboxylic acids is 1. The van der Waals surface area contributed by atoms with Crippen molar-refractivity contribution < 1.29 is 14.5 Å². The normalized spacial score (nSPS) is 15.8. The molecule has 2 aromatic carbocycles. The number of carbonyl (C=O) groups is 1. The molecule has 3 rings (SSSR count). The minimum absolute atomic E-state index is 0.00515. The number of nitro groups is 1. The Balaban J connectivity index is 1.74. The van der Waals surface area contributed by atoms with Gasteiger partial charge in [0.15, 0.2) is 0 Å². The molecule has 2 aromatic rings. The van der Waals surface area contributed by atoms with Gasteiger partial charge >= 0.3 is 0 Å². The van der Waals surface area contributed by atoms with Crippen molar-refractivity contribution >= 4 is 17.7 Å². The molecule has 7 nitrogen and oxygen atoms in total. The van der Waals surface area contributed by atoms with Crippen LogP contribution in [0.3, 0.4) is 0 Å². The van der Waals surface area contributed by atoms with Crippen molar-refractivity contribution in [3.63, 3.8) is 0 Å². The summed E-state index contributed by atoms with van der Waals surface area (Å²) in [4.78, 5) is 27.8. The average Bonchev–Trinajstić information content (AvgIpc) is 2.77. The lowest BCUT2D eigenvalue weighted by molar-refractivity contribution is -0.384. The van der Waals surface area contributed by atoms with Gasteiger partial charge in [0.05, 0.1) is 18.1 Å². The van der Waals surface area contributed by atoms with E-state index in [1.54, 1.807) is 18.2 Å². The Kier molecular flexibility index (Phi) is 7.70. The van der Waals surface area contributed by atoms with Gasteiger partial charge in [-0.2, -0.15) is 0 Å². The molecule has 7 heteroatoms. The van der Waals surface area contributed by atoms with E-state index in [4.69, 9.17) is 4.74 Å². The maximum Gasteiger partial charge on any atom is 0.270 e. The van der Waals surface area contributed by atoms with E-state index in [-0.39, 0.29) is 17.6 Å². The monoisotopic (exact) mass is 409 g/mol. The molecule has 1 atom stereocenters. The third kappa shape index (κ3) is 6.23. The number of non-ortho nitro benzene ring substituents is 1. The Bertz CT molecular complexity index is 879. The van der Waals surface area contributed by atoms with Gasteiger partial charge in [-0.25, -0.2) is 0 Å². The molecule has 30 heavy (non-hydrogen) atoms. The Labute approximate surface area is 176 Å². The molecule has 1 amide bonds.